The first-order valence-electron chi connectivity index (χ1n) is 8.07. The molecule has 0 bridgehead atoms. The van der Waals surface area contributed by atoms with Crippen molar-refractivity contribution in [1.82, 2.24) is 9.13 Å². The van der Waals surface area contributed by atoms with Gasteiger partial charge in [0.2, 0.25) is 5.62 Å². The summed E-state index contributed by atoms with van der Waals surface area (Å²) < 4.78 is 4.03. The van der Waals surface area contributed by atoms with E-state index in [-0.39, 0.29) is 0 Å². The summed E-state index contributed by atoms with van der Waals surface area (Å²) in [5.41, 5.74) is 6.95. The SMILES string of the molecule is Cc1ccc2c(c1)n(-c1ccccc1C)c(=N)n2-c1ccccc1. The number of fused-ring (bicyclic) bond motifs is 1. The smallest absolute Gasteiger partial charge is 0.212 e. The van der Waals surface area contributed by atoms with E-state index in [0.29, 0.717) is 5.62 Å². The zero-order valence-corrected chi connectivity index (χ0v) is 13.8. The summed E-state index contributed by atoms with van der Waals surface area (Å²) in [5, 5.41) is 8.84. The van der Waals surface area contributed by atoms with Crippen molar-refractivity contribution in [1.29, 1.82) is 5.41 Å². The van der Waals surface area contributed by atoms with Crippen molar-refractivity contribution in [2.45, 2.75) is 13.8 Å². The highest BCUT2D eigenvalue weighted by Crippen LogP contribution is 2.23. The molecule has 3 heteroatoms. The molecule has 0 unspecified atom stereocenters. The van der Waals surface area contributed by atoms with E-state index in [1.807, 2.05) is 51.6 Å². The average Bonchev–Trinajstić information content (AvgIpc) is 2.87. The molecule has 0 amide bonds. The van der Waals surface area contributed by atoms with E-state index in [9.17, 15) is 0 Å². The van der Waals surface area contributed by atoms with Crippen molar-refractivity contribution < 1.29 is 0 Å². The maximum atomic E-state index is 8.84. The van der Waals surface area contributed by atoms with Crippen molar-refractivity contribution in [3.8, 4) is 11.4 Å². The van der Waals surface area contributed by atoms with Crippen LogP contribution in [-0.4, -0.2) is 9.13 Å². The summed E-state index contributed by atoms with van der Waals surface area (Å²) in [4.78, 5) is 0. The Labute approximate surface area is 140 Å². The maximum absolute atomic E-state index is 8.84. The lowest BCUT2D eigenvalue weighted by Crippen LogP contribution is -2.22. The van der Waals surface area contributed by atoms with Gasteiger partial charge in [-0.2, -0.15) is 0 Å². The van der Waals surface area contributed by atoms with Crippen LogP contribution >= 0.6 is 0 Å². The van der Waals surface area contributed by atoms with Crippen molar-refractivity contribution >= 4 is 11.0 Å². The Hall–Kier alpha value is -3.07. The van der Waals surface area contributed by atoms with E-state index in [1.54, 1.807) is 0 Å². The summed E-state index contributed by atoms with van der Waals surface area (Å²) in [6.45, 7) is 4.17. The highest BCUT2D eigenvalue weighted by Gasteiger charge is 2.14. The second kappa shape index (κ2) is 5.53. The maximum Gasteiger partial charge on any atom is 0.212 e. The molecule has 0 aliphatic carbocycles. The van der Waals surface area contributed by atoms with Gasteiger partial charge in [0.1, 0.15) is 0 Å². The van der Waals surface area contributed by atoms with Gasteiger partial charge in [-0.3, -0.25) is 14.5 Å². The number of benzene rings is 3. The Morgan fingerprint density at radius 3 is 2.17 bits per heavy atom. The molecule has 0 saturated heterocycles. The molecular weight excluding hydrogens is 294 g/mol. The normalized spacial score (nSPS) is 11.1. The molecule has 3 nitrogen and oxygen atoms in total. The predicted octanol–water partition coefficient (Wildman–Crippen LogP) is 4.52. The molecule has 24 heavy (non-hydrogen) atoms. The predicted molar refractivity (Wildman–Crippen MR) is 97.9 cm³/mol. The van der Waals surface area contributed by atoms with E-state index in [4.69, 9.17) is 5.41 Å². The van der Waals surface area contributed by atoms with Crippen LogP contribution in [0.2, 0.25) is 0 Å². The van der Waals surface area contributed by atoms with Gasteiger partial charge in [-0.05, 0) is 55.3 Å². The number of hydrogen-bond donors (Lipinski definition) is 1. The van der Waals surface area contributed by atoms with E-state index < -0.39 is 0 Å². The molecule has 0 aliphatic heterocycles. The Morgan fingerprint density at radius 1 is 0.708 bits per heavy atom. The van der Waals surface area contributed by atoms with Gasteiger partial charge in [0.15, 0.2) is 0 Å². The van der Waals surface area contributed by atoms with Gasteiger partial charge in [0.25, 0.3) is 0 Å². The van der Waals surface area contributed by atoms with Gasteiger partial charge >= 0.3 is 0 Å². The van der Waals surface area contributed by atoms with Gasteiger partial charge in [0, 0.05) is 5.69 Å². The van der Waals surface area contributed by atoms with Crippen molar-refractivity contribution in [3.63, 3.8) is 0 Å². The summed E-state index contributed by atoms with van der Waals surface area (Å²) in [6.07, 6.45) is 0. The second-order valence-electron chi connectivity index (χ2n) is 6.11. The Kier molecular flexibility index (Phi) is 3.35. The molecule has 0 atom stereocenters. The van der Waals surface area contributed by atoms with Crippen LogP contribution < -0.4 is 5.62 Å². The third-order valence-electron chi connectivity index (χ3n) is 4.41. The minimum atomic E-state index is 0.455. The lowest BCUT2D eigenvalue weighted by Gasteiger charge is -2.08. The van der Waals surface area contributed by atoms with E-state index in [2.05, 4.69) is 44.2 Å². The summed E-state index contributed by atoms with van der Waals surface area (Å²) in [6, 6.07) is 24.7. The fourth-order valence-corrected chi connectivity index (χ4v) is 3.23. The van der Waals surface area contributed by atoms with E-state index >= 15 is 0 Å². The number of aromatic nitrogens is 2. The fourth-order valence-electron chi connectivity index (χ4n) is 3.23. The third kappa shape index (κ3) is 2.17. The first kappa shape index (κ1) is 14.5. The summed E-state index contributed by atoms with van der Waals surface area (Å²) >= 11 is 0. The first-order chi connectivity index (χ1) is 11.7. The Balaban J connectivity index is 2.16. The van der Waals surface area contributed by atoms with Crippen molar-refractivity contribution in [2.75, 3.05) is 0 Å². The van der Waals surface area contributed by atoms with Crippen molar-refractivity contribution in [3.05, 3.63) is 89.5 Å². The molecule has 0 spiro atoms. The quantitative estimate of drug-likeness (QED) is 0.565. The number of imidazole rings is 1. The Morgan fingerprint density at radius 2 is 1.42 bits per heavy atom. The molecule has 0 fully saturated rings. The number of aryl methyl sites for hydroxylation is 2. The van der Waals surface area contributed by atoms with Crippen LogP contribution in [0.3, 0.4) is 0 Å². The molecule has 4 rings (SSSR count). The van der Waals surface area contributed by atoms with E-state index in [1.165, 1.54) is 5.56 Å². The van der Waals surface area contributed by atoms with Crippen LogP contribution in [0.4, 0.5) is 0 Å². The van der Waals surface area contributed by atoms with Crippen LogP contribution in [0, 0.1) is 19.3 Å². The van der Waals surface area contributed by atoms with Gasteiger partial charge in [-0.1, -0.05) is 42.5 Å². The van der Waals surface area contributed by atoms with Gasteiger partial charge < -0.3 is 0 Å². The monoisotopic (exact) mass is 313 g/mol. The molecule has 1 N–H and O–H groups in total. The number of rotatable bonds is 2. The first-order valence-corrected chi connectivity index (χ1v) is 8.07. The van der Waals surface area contributed by atoms with Gasteiger partial charge in [0.05, 0.1) is 16.7 Å². The molecule has 0 aliphatic rings. The lowest BCUT2D eigenvalue weighted by molar-refractivity contribution is 0.851. The van der Waals surface area contributed by atoms with Crippen LogP contribution in [-0.2, 0) is 0 Å². The van der Waals surface area contributed by atoms with Crippen LogP contribution in [0.5, 0.6) is 0 Å². The third-order valence-corrected chi connectivity index (χ3v) is 4.41. The minimum Gasteiger partial charge on any atom is -0.279 e. The van der Waals surface area contributed by atoms with E-state index in [0.717, 1.165) is 28.0 Å². The fraction of sp³-hybridized carbons (Fsp3) is 0.0952. The molecule has 118 valence electrons. The Bertz CT molecular complexity index is 1090. The molecule has 0 saturated carbocycles. The van der Waals surface area contributed by atoms with Crippen molar-refractivity contribution in [2.24, 2.45) is 0 Å². The number of para-hydroxylation sites is 2. The number of hydrogen-bond acceptors (Lipinski definition) is 1. The molecule has 3 aromatic carbocycles. The number of nitrogens with one attached hydrogen (secondary N) is 1. The average molecular weight is 313 g/mol. The van der Waals surface area contributed by atoms with Crippen LogP contribution in [0.15, 0.2) is 72.8 Å². The van der Waals surface area contributed by atoms with Gasteiger partial charge in [-0.25, -0.2) is 0 Å². The highest BCUT2D eigenvalue weighted by molar-refractivity contribution is 5.81. The molecule has 1 heterocycles. The van der Waals surface area contributed by atoms with Gasteiger partial charge in [-0.15, -0.1) is 0 Å². The zero-order valence-electron chi connectivity index (χ0n) is 13.8. The van der Waals surface area contributed by atoms with Crippen LogP contribution in [0.25, 0.3) is 22.4 Å². The second-order valence-corrected chi connectivity index (χ2v) is 6.11. The summed E-state index contributed by atoms with van der Waals surface area (Å²) in [7, 11) is 0. The minimum absolute atomic E-state index is 0.455. The largest absolute Gasteiger partial charge is 0.279 e. The summed E-state index contributed by atoms with van der Waals surface area (Å²) in [5.74, 6) is 0. The van der Waals surface area contributed by atoms with Crippen LogP contribution in [0.1, 0.15) is 11.1 Å². The number of nitrogens with zero attached hydrogens (tertiary/aromatic N) is 2. The molecular formula is C21H19N3. The molecule has 4 aromatic rings. The highest BCUT2D eigenvalue weighted by atomic mass is 15.2. The standard InChI is InChI=1S/C21H19N3/c1-15-12-13-19-20(14-15)24(18-11-7-6-8-16(18)2)21(22)23(19)17-9-4-3-5-10-17/h3-14,22H,1-2H3. The topological polar surface area (TPSA) is 33.7 Å². The molecule has 0 radical (unpaired) electrons. The lowest BCUT2D eigenvalue weighted by atomic mass is 10.2. The zero-order chi connectivity index (χ0) is 16.7. The molecule has 1 aromatic heterocycles.